The van der Waals surface area contributed by atoms with Crippen LogP contribution >= 0.6 is 0 Å². The molecule has 0 radical (unpaired) electrons. The molecule has 0 bridgehead atoms. The molecule has 0 aliphatic carbocycles. The van der Waals surface area contributed by atoms with Gasteiger partial charge in [-0.05, 0) is 0 Å². The van der Waals surface area contributed by atoms with Crippen LogP contribution in [0.1, 0.15) is 13.8 Å². The Morgan fingerprint density at radius 1 is 1.42 bits per heavy atom. The fraction of sp³-hybridized carbons (Fsp3) is 0.714. The lowest BCUT2D eigenvalue weighted by Crippen LogP contribution is -2.34. The van der Waals surface area contributed by atoms with Crippen molar-refractivity contribution in [3.8, 4) is 0 Å². The van der Waals surface area contributed by atoms with Gasteiger partial charge in [0.25, 0.3) is 0 Å². The Morgan fingerprint density at radius 2 is 1.92 bits per heavy atom. The summed E-state index contributed by atoms with van der Waals surface area (Å²) < 4.78 is 10.9. The fourth-order valence-corrected chi connectivity index (χ4v) is 1.19. The van der Waals surface area contributed by atoms with Crippen molar-refractivity contribution in [2.75, 3.05) is 18.6 Å². The number of amides is 2. The van der Waals surface area contributed by atoms with E-state index < -0.39 is 10.8 Å². The largest absolute Gasteiger partial charge is 0.285 e. The molecule has 0 aliphatic rings. The van der Waals surface area contributed by atoms with E-state index in [9.17, 15) is 13.8 Å². The Morgan fingerprint density at radius 3 is 2.25 bits per heavy atom. The number of carbonyl (C=O) groups excluding carboxylic acids is 2. The van der Waals surface area contributed by atoms with Crippen LogP contribution in [-0.4, -0.2) is 39.5 Å². The van der Waals surface area contributed by atoms with E-state index in [1.807, 2.05) is 0 Å². The lowest BCUT2D eigenvalue weighted by molar-refractivity contribution is -0.140. The highest BCUT2D eigenvalue weighted by atomic mass is 32.2. The van der Waals surface area contributed by atoms with Gasteiger partial charge in [-0.15, -0.1) is 0 Å². The van der Waals surface area contributed by atoms with E-state index in [0.29, 0.717) is 5.75 Å². The van der Waals surface area contributed by atoms with Crippen molar-refractivity contribution >= 4 is 22.6 Å². The van der Waals surface area contributed by atoms with Gasteiger partial charge in [-0.25, -0.2) is 0 Å². The van der Waals surface area contributed by atoms with Gasteiger partial charge in [-0.2, -0.15) is 0 Å². The van der Waals surface area contributed by atoms with Crippen molar-refractivity contribution in [1.29, 1.82) is 0 Å². The van der Waals surface area contributed by atoms with Crippen LogP contribution < -0.4 is 0 Å². The maximum Gasteiger partial charge on any atom is 0.241 e. The fourth-order valence-electron chi connectivity index (χ4n) is 0.512. The summed E-state index contributed by atoms with van der Waals surface area (Å²) in [6.07, 6.45) is 0. The van der Waals surface area contributed by atoms with E-state index in [4.69, 9.17) is 0 Å². The molecular formula is C7H13NO3S. The standard InChI is InChI=1S/C7H13NO3S/c1-4-12(11)5-7(10)8(3)6(2)9/h4-5H2,1-3H3. The molecule has 2 amide bonds. The highest BCUT2D eigenvalue weighted by molar-refractivity contribution is 7.85. The van der Waals surface area contributed by atoms with Gasteiger partial charge in [0.05, 0.1) is 0 Å². The SMILES string of the molecule is CCS(=O)CC(=O)N(C)C(C)=O. The second-order valence-electron chi connectivity index (χ2n) is 2.34. The van der Waals surface area contributed by atoms with Crippen LogP contribution in [0, 0.1) is 0 Å². The van der Waals surface area contributed by atoms with Gasteiger partial charge in [0, 0.05) is 30.5 Å². The third kappa shape index (κ3) is 3.61. The number of nitrogens with zero attached hydrogens (tertiary/aromatic N) is 1. The average Bonchev–Trinajstić information content (AvgIpc) is 2.02. The molecule has 70 valence electrons. The van der Waals surface area contributed by atoms with Crippen LogP contribution in [0.3, 0.4) is 0 Å². The topological polar surface area (TPSA) is 54.5 Å². The van der Waals surface area contributed by atoms with Gasteiger partial charge < -0.3 is 0 Å². The summed E-state index contributed by atoms with van der Waals surface area (Å²) in [5.41, 5.74) is 0. The number of carbonyl (C=O) groups is 2. The molecule has 1 atom stereocenters. The normalized spacial score (nSPS) is 12.2. The first-order chi connectivity index (χ1) is 5.49. The summed E-state index contributed by atoms with van der Waals surface area (Å²) in [6.45, 7) is 3.03. The summed E-state index contributed by atoms with van der Waals surface area (Å²) >= 11 is 0. The van der Waals surface area contributed by atoms with Crippen LogP contribution in [-0.2, 0) is 20.4 Å². The molecule has 0 fully saturated rings. The lowest BCUT2D eigenvalue weighted by Gasteiger charge is -2.11. The molecule has 4 nitrogen and oxygen atoms in total. The smallest absolute Gasteiger partial charge is 0.241 e. The summed E-state index contributed by atoms with van der Waals surface area (Å²) in [7, 11) is 0.249. The highest BCUT2D eigenvalue weighted by Crippen LogP contribution is 1.90. The van der Waals surface area contributed by atoms with Crippen molar-refractivity contribution in [3.63, 3.8) is 0 Å². The number of imide groups is 1. The van der Waals surface area contributed by atoms with Gasteiger partial charge in [-0.3, -0.25) is 18.7 Å². The maximum absolute atomic E-state index is 11.1. The van der Waals surface area contributed by atoms with Crippen LogP contribution in [0.5, 0.6) is 0 Å². The van der Waals surface area contributed by atoms with E-state index in [1.54, 1.807) is 6.92 Å². The van der Waals surface area contributed by atoms with Crippen molar-refractivity contribution in [2.24, 2.45) is 0 Å². The second-order valence-corrected chi connectivity index (χ2v) is 4.09. The van der Waals surface area contributed by atoms with E-state index in [1.165, 1.54) is 14.0 Å². The molecule has 0 aromatic heterocycles. The highest BCUT2D eigenvalue weighted by Gasteiger charge is 2.14. The van der Waals surface area contributed by atoms with Gasteiger partial charge in [0.1, 0.15) is 5.75 Å². The van der Waals surface area contributed by atoms with Gasteiger partial charge >= 0.3 is 0 Å². The third-order valence-corrected chi connectivity index (χ3v) is 2.67. The summed E-state index contributed by atoms with van der Waals surface area (Å²) in [5.74, 6) is -0.333. The molecule has 5 heteroatoms. The van der Waals surface area contributed by atoms with Crippen LogP contribution in [0.15, 0.2) is 0 Å². The summed E-state index contributed by atoms with van der Waals surface area (Å²) in [4.78, 5) is 22.7. The molecule has 0 N–H and O–H groups in total. The quantitative estimate of drug-likeness (QED) is 0.618. The molecule has 1 unspecified atom stereocenters. The monoisotopic (exact) mass is 191 g/mol. The van der Waals surface area contributed by atoms with Crippen LogP contribution in [0.2, 0.25) is 0 Å². The summed E-state index contributed by atoms with van der Waals surface area (Å²) in [6, 6.07) is 0. The van der Waals surface area contributed by atoms with E-state index >= 15 is 0 Å². The molecule has 0 heterocycles. The molecule has 0 spiro atoms. The molecule has 0 aromatic carbocycles. The average molecular weight is 191 g/mol. The molecule has 0 saturated heterocycles. The predicted octanol–water partition coefficient (Wildman–Crippen LogP) is -0.240. The molecule has 0 saturated carbocycles. The van der Waals surface area contributed by atoms with E-state index in [-0.39, 0.29) is 17.6 Å². The second kappa shape index (κ2) is 5.03. The molecule has 0 rings (SSSR count). The Labute approximate surface area is 74.4 Å². The van der Waals surface area contributed by atoms with E-state index in [2.05, 4.69) is 0 Å². The third-order valence-electron chi connectivity index (χ3n) is 1.45. The molecule has 0 aliphatic heterocycles. The Kier molecular flexibility index (Phi) is 4.73. The number of rotatable bonds is 3. The Balaban J connectivity index is 4.04. The minimum atomic E-state index is -1.14. The first-order valence-electron chi connectivity index (χ1n) is 3.61. The van der Waals surface area contributed by atoms with E-state index in [0.717, 1.165) is 4.90 Å². The van der Waals surface area contributed by atoms with Crippen molar-refractivity contribution in [1.82, 2.24) is 4.90 Å². The van der Waals surface area contributed by atoms with Crippen molar-refractivity contribution < 1.29 is 13.8 Å². The van der Waals surface area contributed by atoms with Gasteiger partial charge in [-0.1, -0.05) is 6.92 Å². The minimum absolute atomic E-state index is 0.0629. The minimum Gasteiger partial charge on any atom is -0.285 e. The van der Waals surface area contributed by atoms with Gasteiger partial charge in [0.2, 0.25) is 11.8 Å². The molecule has 12 heavy (non-hydrogen) atoms. The van der Waals surface area contributed by atoms with Crippen LogP contribution in [0.25, 0.3) is 0 Å². The zero-order chi connectivity index (χ0) is 9.72. The molecular weight excluding hydrogens is 178 g/mol. The van der Waals surface area contributed by atoms with Crippen LogP contribution in [0.4, 0.5) is 0 Å². The van der Waals surface area contributed by atoms with Crippen molar-refractivity contribution in [3.05, 3.63) is 0 Å². The van der Waals surface area contributed by atoms with Crippen molar-refractivity contribution in [2.45, 2.75) is 13.8 Å². The maximum atomic E-state index is 11.1. The molecule has 0 aromatic rings. The first-order valence-corrected chi connectivity index (χ1v) is 5.10. The zero-order valence-electron chi connectivity index (χ0n) is 7.49. The summed E-state index contributed by atoms with van der Waals surface area (Å²) in [5, 5.41) is 0. The number of hydrogen-bond acceptors (Lipinski definition) is 3. The Bertz CT molecular complexity index is 215. The number of hydrogen-bond donors (Lipinski definition) is 0. The first kappa shape index (κ1) is 11.3. The van der Waals surface area contributed by atoms with Gasteiger partial charge in [0.15, 0.2) is 0 Å². The predicted molar refractivity (Wildman–Crippen MR) is 47.0 cm³/mol. The zero-order valence-corrected chi connectivity index (χ0v) is 8.31. The lowest BCUT2D eigenvalue weighted by atomic mass is 10.5. The Hall–Kier alpha value is -0.710.